The van der Waals surface area contributed by atoms with Gasteiger partial charge in [-0.2, -0.15) is 0 Å². The molecule has 0 saturated carbocycles. The lowest BCUT2D eigenvalue weighted by Crippen LogP contribution is -1.88. The first-order valence-electron chi connectivity index (χ1n) is 4.31. The molecule has 72 valence electrons. The number of rotatable bonds is 0. The number of aromatic nitrogens is 1. The quantitative estimate of drug-likeness (QED) is 0.697. The van der Waals surface area contributed by atoms with Gasteiger partial charge in [-0.05, 0) is 31.5 Å². The Morgan fingerprint density at radius 3 is 2.71 bits per heavy atom. The van der Waals surface area contributed by atoms with Gasteiger partial charge in [0.25, 0.3) is 0 Å². The van der Waals surface area contributed by atoms with E-state index in [1.165, 1.54) is 0 Å². The molecule has 14 heavy (non-hydrogen) atoms. The summed E-state index contributed by atoms with van der Waals surface area (Å²) in [6.45, 7) is 3.99. The van der Waals surface area contributed by atoms with E-state index in [9.17, 15) is 0 Å². The second-order valence-electron chi connectivity index (χ2n) is 3.31. The van der Waals surface area contributed by atoms with E-state index < -0.39 is 0 Å². The fraction of sp³-hybridized carbons (Fsp3) is 0.182. The molecule has 0 aliphatic heterocycles. The Morgan fingerprint density at radius 1 is 1.29 bits per heavy atom. The van der Waals surface area contributed by atoms with Gasteiger partial charge in [0, 0.05) is 15.6 Å². The van der Waals surface area contributed by atoms with Gasteiger partial charge < -0.3 is 0 Å². The monoisotopic (exact) mass is 269 g/mol. The summed E-state index contributed by atoms with van der Waals surface area (Å²) in [6, 6.07) is 5.87. The molecule has 0 spiro atoms. The molecule has 0 amide bonds. The lowest BCUT2D eigenvalue weighted by Gasteiger charge is -2.06. The minimum Gasteiger partial charge on any atom is -0.253 e. The maximum absolute atomic E-state index is 6.13. The number of hydrogen-bond donors (Lipinski definition) is 0. The number of aryl methyl sites for hydroxylation is 2. The second-order valence-corrected chi connectivity index (χ2v) is 4.58. The highest BCUT2D eigenvalue weighted by Gasteiger charge is 2.06. The Labute approximate surface area is 96.2 Å². The van der Waals surface area contributed by atoms with Crippen molar-refractivity contribution in [2.45, 2.75) is 13.8 Å². The van der Waals surface area contributed by atoms with Gasteiger partial charge in [-0.15, -0.1) is 0 Å². The van der Waals surface area contributed by atoms with Gasteiger partial charge in [-0.3, -0.25) is 4.98 Å². The number of nitrogens with zero attached hydrogens (tertiary/aromatic N) is 1. The molecule has 3 heteroatoms. The zero-order chi connectivity index (χ0) is 10.3. The van der Waals surface area contributed by atoms with Crippen LogP contribution >= 0.6 is 27.5 Å². The Balaban J connectivity index is 2.95. The maximum atomic E-state index is 6.13. The summed E-state index contributed by atoms with van der Waals surface area (Å²) < 4.78 is 1.07. The average molecular weight is 271 g/mol. The normalized spacial score (nSPS) is 10.9. The van der Waals surface area contributed by atoms with E-state index in [0.29, 0.717) is 0 Å². The van der Waals surface area contributed by atoms with Gasteiger partial charge in [0.15, 0.2) is 0 Å². The van der Waals surface area contributed by atoms with E-state index >= 15 is 0 Å². The molecule has 0 fully saturated rings. The largest absolute Gasteiger partial charge is 0.253 e. The van der Waals surface area contributed by atoms with Crippen molar-refractivity contribution in [3.63, 3.8) is 0 Å². The van der Waals surface area contributed by atoms with Crippen molar-refractivity contribution in [1.82, 2.24) is 4.98 Å². The molecule has 2 aromatic rings. The minimum absolute atomic E-state index is 0.767. The zero-order valence-electron chi connectivity index (χ0n) is 7.94. The molecular formula is C11H9BrClN. The molecule has 2 rings (SSSR count). The van der Waals surface area contributed by atoms with Gasteiger partial charge in [0.05, 0.1) is 10.5 Å². The van der Waals surface area contributed by atoms with Crippen molar-refractivity contribution >= 4 is 38.4 Å². The highest BCUT2D eigenvalue weighted by molar-refractivity contribution is 9.10. The third-order valence-electron chi connectivity index (χ3n) is 2.25. The maximum Gasteiger partial charge on any atom is 0.0760 e. The average Bonchev–Trinajstić information content (AvgIpc) is 2.12. The SMILES string of the molecule is Cc1cc(Cl)c2ccc(Br)c(C)c2n1. The summed E-state index contributed by atoms with van der Waals surface area (Å²) in [5.41, 5.74) is 3.06. The van der Waals surface area contributed by atoms with E-state index in [1.807, 2.05) is 32.0 Å². The number of fused-ring (bicyclic) bond motifs is 1. The Kier molecular flexibility index (Phi) is 2.50. The van der Waals surface area contributed by atoms with Crippen LogP contribution in [0.3, 0.4) is 0 Å². The summed E-state index contributed by atoms with van der Waals surface area (Å²) in [5.74, 6) is 0. The number of halogens is 2. The van der Waals surface area contributed by atoms with Crippen LogP contribution in [0.4, 0.5) is 0 Å². The van der Waals surface area contributed by atoms with Gasteiger partial charge in [0.1, 0.15) is 0 Å². The zero-order valence-corrected chi connectivity index (χ0v) is 10.3. The fourth-order valence-electron chi connectivity index (χ4n) is 1.48. The highest BCUT2D eigenvalue weighted by Crippen LogP contribution is 2.29. The second kappa shape index (κ2) is 3.52. The van der Waals surface area contributed by atoms with E-state index in [0.717, 1.165) is 31.7 Å². The van der Waals surface area contributed by atoms with Crippen molar-refractivity contribution in [2.24, 2.45) is 0 Å². The van der Waals surface area contributed by atoms with Crippen molar-refractivity contribution in [3.8, 4) is 0 Å². The predicted molar refractivity (Wildman–Crippen MR) is 63.9 cm³/mol. The van der Waals surface area contributed by atoms with Crippen LogP contribution in [-0.2, 0) is 0 Å². The van der Waals surface area contributed by atoms with Crippen molar-refractivity contribution in [3.05, 3.63) is 39.0 Å². The molecule has 1 aromatic heterocycles. The van der Waals surface area contributed by atoms with Gasteiger partial charge in [-0.25, -0.2) is 0 Å². The van der Waals surface area contributed by atoms with Crippen LogP contribution in [0, 0.1) is 13.8 Å². The summed E-state index contributed by atoms with van der Waals surface area (Å²) in [5, 5.41) is 1.78. The topological polar surface area (TPSA) is 12.9 Å². The Hall–Kier alpha value is -0.600. The molecule has 0 bridgehead atoms. The molecular weight excluding hydrogens is 261 g/mol. The van der Waals surface area contributed by atoms with Crippen LogP contribution in [0.15, 0.2) is 22.7 Å². The summed E-state index contributed by atoms with van der Waals surface area (Å²) in [4.78, 5) is 4.48. The number of benzene rings is 1. The molecule has 1 nitrogen and oxygen atoms in total. The van der Waals surface area contributed by atoms with E-state index in [2.05, 4.69) is 20.9 Å². The molecule has 0 saturated heterocycles. The molecule has 0 N–H and O–H groups in total. The lowest BCUT2D eigenvalue weighted by molar-refractivity contribution is 1.24. The van der Waals surface area contributed by atoms with E-state index in [-0.39, 0.29) is 0 Å². The molecule has 0 aliphatic carbocycles. The predicted octanol–water partition coefficient (Wildman–Crippen LogP) is 4.27. The van der Waals surface area contributed by atoms with Crippen LogP contribution < -0.4 is 0 Å². The van der Waals surface area contributed by atoms with E-state index in [1.54, 1.807) is 0 Å². The van der Waals surface area contributed by atoms with Crippen LogP contribution in [0.25, 0.3) is 10.9 Å². The Morgan fingerprint density at radius 2 is 2.00 bits per heavy atom. The van der Waals surface area contributed by atoms with Crippen molar-refractivity contribution in [1.29, 1.82) is 0 Å². The first-order chi connectivity index (χ1) is 6.59. The third-order valence-corrected chi connectivity index (χ3v) is 3.42. The molecule has 0 unspecified atom stereocenters. The Bertz CT molecular complexity index is 508. The first kappa shape index (κ1) is 9.94. The highest BCUT2D eigenvalue weighted by atomic mass is 79.9. The van der Waals surface area contributed by atoms with Crippen LogP contribution in [0.2, 0.25) is 5.02 Å². The standard InChI is InChI=1S/C11H9BrClN/c1-6-5-10(13)8-3-4-9(12)7(2)11(8)14-6/h3-5H,1-2H3. The van der Waals surface area contributed by atoms with Gasteiger partial charge in [-0.1, -0.05) is 33.6 Å². The molecule has 1 heterocycles. The lowest BCUT2D eigenvalue weighted by atomic mass is 10.1. The first-order valence-corrected chi connectivity index (χ1v) is 5.48. The smallest absolute Gasteiger partial charge is 0.0760 e. The third kappa shape index (κ3) is 1.53. The minimum atomic E-state index is 0.767. The summed E-state index contributed by atoms with van der Waals surface area (Å²) >= 11 is 9.61. The molecule has 0 aliphatic rings. The molecule has 0 atom stereocenters. The van der Waals surface area contributed by atoms with Crippen LogP contribution in [0.1, 0.15) is 11.3 Å². The summed E-state index contributed by atoms with van der Waals surface area (Å²) in [7, 11) is 0. The van der Waals surface area contributed by atoms with Crippen molar-refractivity contribution in [2.75, 3.05) is 0 Å². The van der Waals surface area contributed by atoms with E-state index in [4.69, 9.17) is 11.6 Å². The number of pyridine rings is 1. The fourth-order valence-corrected chi connectivity index (χ4v) is 2.11. The summed E-state index contributed by atoms with van der Waals surface area (Å²) in [6.07, 6.45) is 0. The van der Waals surface area contributed by atoms with Gasteiger partial charge in [0.2, 0.25) is 0 Å². The van der Waals surface area contributed by atoms with Crippen LogP contribution in [-0.4, -0.2) is 4.98 Å². The molecule has 0 radical (unpaired) electrons. The van der Waals surface area contributed by atoms with Gasteiger partial charge >= 0.3 is 0 Å². The van der Waals surface area contributed by atoms with Crippen LogP contribution in [0.5, 0.6) is 0 Å². The number of hydrogen-bond acceptors (Lipinski definition) is 1. The van der Waals surface area contributed by atoms with Crippen molar-refractivity contribution < 1.29 is 0 Å². The molecule has 1 aromatic carbocycles.